The molecule has 0 atom stereocenters. The van der Waals surface area contributed by atoms with E-state index in [1.165, 1.54) is 27.9 Å². The first-order valence-electron chi connectivity index (χ1n) is 9.91. The van der Waals surface area contributed by atoms with Gasteiger partial charge in [0, 0.05) is 36.9 Å². The van der Waals surface area contributed by atoms with Gasteiger partial charge in [0.05, 0.1) is 5.69 Å². The standard InChI is InChI=1S/C23H18ClN5OS/c24-16-6-8-18(9-7-16)29-15-26-20-19(14-25)23(31-21(20)22(29)30)28-12-10-27(11-13-28)17-4-2-1-3-5-17/h1-9,15H,10-13H2. The predicted octanol–water partition coefficient (Wildman–Crippen LogP) is 4.30. The van der Waals surface area contributed by atoms with Crippen LogP contribution >= 0.6 is 22.9 Å². The number of aromatic nitrogens is 2. The molecule has 3 heterocycles. The van der Waals surface area contributed by atoms with Gasteiger partial charge in [0.2, 0.25) is 0 Å². The zero-order valence-corrected chi connectivity index (χ0v) is 18.1. The van der Waals surface area contributed by atoms with Crippen molar-refractivity contribution in [3.05, 3.63) is 81.9 Å². The van der Waals surface area contributed by atoms with Gasteiger partial charge in [-0.3, -0.25) is 9.36 Å². The first-order chi connectivity index (χ1) is 15.2. The Kier molecular flexibility index (Phi) is 5.10. The average Bonchev–Trinajstić information content (AvgIpc) is 3.20. The van der Waals surface area contributed by atoms with Crippen LogP contribution in [0, 0.1) is 11.3 Å². The summed E-state index contributed by atoms with van der Waals surface area (Å²) in [6.45, 7) is 3.26. The number of halogens is 1. The fraction of sp³-hybridized carbons (Fsp3) is 0.174. The topological polar surface area (TPSA) is 65.2 Å². The van der Waals surface area contributed by atoms with Crippen LogP contribution in [0.15, 0.2) is 65.7 Å². The summed E-state index contributed by atoms with van der Waals surface area (Å²) in [5, 5.41) is 11.3. The van der Waals surface area contributed by atoms with E-state index in [1.807, 2.05) is 18.2 Å². The number of nitrogens with zero attached hydrogens (tertiary/aromatic N) is 5. The molecule has 5 rings (SSSR count). The molecule has 6 nitrogen and oxygen atoms in total. The summed E-state index contributed by atoms with van der Waals surface area (Å²) in [7, 11) is 0. The molecule has 0 N–H and O–H groups in total. The molecule has 0 bridgehead atoms. The summed E-state index contributed by atoms with van der Waals surface area (Å²) < 4.78 is 1.99. The maximum atomic E-state index is 13.2. The highest BCUT2D eigenvalue weighted by Crippen LogP contribution is 2.36. The van der Waals surface area contributed by atoms with Gasteiger partial charge in [0.15, 0.2) is 0 Å². The van der Waals surface area contributed by atoms with Crippen molar-refractivity contribution in [2.75, 3.05) is 36.0 Å². The molecule has 2 aromatic carbocycles. The lowest BCUT2D eigenvalue weighted by atomic mass is 10.2. The van der Waals surface area contributed by atoms with Gasteiger partial charge in [-0.2, -0.15) is 5.26 Å². The monoisotopic (exact) mass is 447 g/mol. The normalized spacial score (nSPS) is 14.1. The van der Waals surface area contributed by atoms with Crippen molar-refractivity contribution in [2.45, 2.75) is 0 Å². The van der Waals surface area contributed by atoms with Crippen LogP contribution in [0.5, 0.6) is 0 Å². The number of benzene rings is 2. The average molecular weight is 448 g/mol. The third-order valence-corrected chi connectivity index (χ3v) is 6.96. The number of hydrogen-bond donors (Lipinski definition) is 0. The van der Waals surface area contributed by atoms with E-state index in [1.54, 1.807) is 24.3 Å². The van der Waals surface area contributed by atoms with Gasteiger partial charge in [-0.25, -0.2) is 4.98 Å². The number of nitriles is 1. The predicted molar refractivity (Wildman–Crippen MR) is 126 cm³/mol. The lowest BCUT2D eigenvalue weighted by Crippen LogP contribution is -2.46. The first kappa shape index (κ1) is 19.6. The minimum absolute atomic E-state index is 0.178. The van der Waals surface area contributed by atoms with E-state index in [9.17, 15) is 10.1 Å². The molecule has 154 valence electrons. The quantitative estimate of drug-likeness (QED) is 0.468. The highest BCUT2D eigenvalue weighted by molar-refractivity contribution is 7.23. The molecule has 0 radical (unpaired) electrons. The Morgan fingerprint density at radius 2 is 1.61 bits per heavy atom. The SMILES string of the molecule is N#Cc1c(N2CCN(c3ccccc3)CC2)sc2c(=O)n(-c3ccc(Cl)cc3)cnc12. The van der Waals surface area contributed by atoms with Crippen molar-refractivity contribution >= 4 is 43.8 Å². The molecule has 0 spiro atoms. The number of rotatable bonds is 3. The Morgan fingerprint density at radius 1 is 0.935 bits per heavy atom. The largest absolute Gasteiger partial charge is 0.368 e. The summed E-state index contributed by atoms with van der Waals surface area (Å²) in [6.07, 6.45) is 1.48. The minimum Gasteiger partial charge on any atom is -0.368 e. The molecule has 0 aliphatic carbocycles. The van der Waals surface area contributed by atoms with E-state index in [0.717, 1.165) is 31.2 Å². The molecule has 4 aromatic rings. The molecule has 2 aromatic heterocycles. The molecule has 1 aliphatic heterocycles. The molecule has 0 saturated carbocycles. The Labute approximate surface area is 188 Å². The fourth-order valence-corrected chi connectivity index (χ4v) is 5.18. The molecule has 0 unspecified atom stereocenters. The van der Waals surface area contributed by atoms with Crippen LogP contribution in [-0.4, -0.2) is 35.7 Å². The van der Waals surface area contributed by atoms with Crippen molar-refractivity contribution < 1.29 is 0 Å². The second kappa shape index (κ2) is 8.06. The van der Waals surface area contributed by atoms with E-state index < -0.39 is 0 Å². The number of thiophene rings is 1. The molecular formula is C23H18ClN5OS. The van der Waals surface area contributed by atoms with Gasteiger partial charge in [-0.15, -0.1) is 11.3 Å². The summed E-state index contributed by atoms with van der Waals surface area (Å²) in [4.78, 5) is 22.2. The van der Waals surface area contributed by atoms with Gasteiger partial charge < -0.3 is 9.80 Å². The number of para-hydroxylation sites is 1. The zero-order chi connectivity index (χ0) is 21.4. The number of fused-ring (bicyclic) bond motifs is 1. The van der Waals surface area contributed by atoms with Crippen molar-refractivity contribution in [3.63, 3.8) is 0 Å². The van der Waals surface area contributed by atoms with E-state index in [2.05, 4.69) is 33.0 Å². The van der Waals surface area contributed by atoms with E-state index in [-0.39, 0.29) is 5.56 Å². The third-order valence-electron chi connectivity index (χ3n) is 5.48. The van der Waals surface area contributed by atoms with Gasteiger partial charge >= 0.3 is 0 Å². The van der Waals surface area contributed by atoms with E-state index in [0.29, 0.717) is 26.5 Å². The number of piperazine rings is 1. The molecule has 8 heteroatoms. The summed E-state index contributed by atoms with van der Waals surface area (Å²) in [5.74, 6) is 0. The maximum Gasteiger partial charge on any atom is 0.275 e. The minimum atomic E-state index is -0.178. The van der Waals surface area contributed by atoms with Crippen LogP contribution in [0.2, 0.25) is 5.02 Å². The lowest BCUT2D eigenvalue weighted by Gasteiger charge is -2.36. The Morgan fingerprint density at radius 3 is 2.29 bits per heavy atom. The van der Waals surface area contributed by atoms with Crippen LogP contribution in [0.4, 0.5) is 10.7 Å². The Bertz CT molecular complexity index is 1330. The summed E-state index contributed by atoms with van der Waals surface area (Å²) in [6, 6.07) is 19.6. The van der Waals surface area contributed by atoms with Crippen LogP contribution in [-0.2, 0) is 0 Å². The van der Waals surface area contributed by atoms with E-state index >= 15 is 0 Å². The molecule has 1 aliphatic rings. The van der Waals surface area contributed by atoms with Crippen LogP contribution in [0.3, 0.4) is 0 Å². The van der Waals surface area contributed by atoms with Gasteiger partial charge in [-0.1, -0.05) is 29.8 Å². The van der Waals surface area contributed by atoms with Gasteiger partial charge in [0.25, 0.3) is 5.56 Å². The third kappa shape index (κ3) is 3.54. The Balaban J connectivity index is 1.48. The second-order valence-electron chi connectivity index (χ2n) is 7.28. The highest BCUT2D eigenvalue weighted by atomic mass is 35.5. The fourth-order valence-electron chi connectivity index (χ4n) is 3.87. The maximum absolute atomic E-state index is 13.2. The number of hydrogen-bond acceptors (Lipinski definition) is 6. The summed E-state index contributed by atoms with van der Waals surface area (Å²) in [5.41, 5.74) is 2.67. The molecule has 0 amide bonds. The zero-order valence-electron chi connectivity index (χ0n) is 16.5. The lowest BCUT2D eigenvalue weighted by molar-refractivity contribution is 0.657. The molecule has 1 saturated heterocycles. The molecule has 1 fully saturated rings. The van der Waals surface area contributed by atoms with Gasteiger partial charge in [-0.05, 0) is 36.4 Å². The van der Waals surface area contributed by atoms with Crippen LogP contribution < -0.4 is 15.4 Å². The van der Waals surface area contributed by atoms with Crippen molar-refractivity contribution in [2.24, 2.45) is 0 Å². The highest BCUT2D eigenvalue weighted by Gasteiger charge is 2.25. The Hall–Kier alpha value is -3.34. The van der Waals surface area contributed by atoms with Gasteiger partial charge in [0.1, 0.15) is 33.2 Å². The second-order valence-corrected chi connectivity index (χ2v) is 8.71. The van der Waals surface area contributed by atoms with Crippen LogP contribution in [0.25, 0.3) is 15.9 Å². The molecular weight excluding hydrogens is 430 g/mol. The number of anilines is 2. The van der Waals surface area contributed by atoms with Crippen molar-refractivity contribution in [3.8, 4) is 11.8 Å². The molecule has 31 heavy (non-hydrogen) atoms. The van der Waals surface area contributed by atoms with Crippen LogP contribution in [0.1, 0.15) is 5.56 Å². The van der Waals surface area contributed by atoms with Crippen molar-refractivity contribution in [1.29, 1.82) is 5.26 Å². The van der Waals surface area contributed by atoms with E-state index in [4.69, 9.17) is 11.6 Å². The smallest absolute Gasteiger partial charge is 0.275 e. The van der Waals surface area contributed by atoms with Crippen molar-refractivity contribution in [1.82, 2.24) is 9.55 Å². The summed E-state index contributed by atoms with van der Waals surface area (Å²) >= 11 is 7.32. The first-order valence-corrected chi connectivity index (χ1v) is 11.1.